The van der Waals surface area contributed by atoms with E-state index in [0.29, 0.717) is 15.6 Å². The van der Waals surface area contributed by atoms with Crippen molar-refractivity contribution in [3.63, 3.8) is 0 Å². The number of benzene rings is 2. The van der Waals surface area contributed by atoms with E-state index in [4.69, 9.17) is 23.2 Å². The van der Waals surface area contributed by atoms with Crippen molar-refractivity contribution < 1.29 is 13.9 Å². The summed E-state index contributed by atoms with van der Waals surface area (Å²) in [7, 11) is 0. The first kappa shape index (κ1) is 20.0. The van der Waals surface area contributed by atoms with Crippen molar-refractivity contribution in [1.82, 2.24) is 14.5 Å². The van der Waals surface area contributed by atoms with Gasteiger partial charge in [0.2, 0.25) is 0 Å². The molecular weight excluding hydrogens is 439 g/mol. The molecule has 0 fully saturated rings. The standard InChI is InChI=1S/C20H13Cl2F2N3OS/c21-12-1-4-15(16(22)7-12)20(28,10-27-6-5-25-11-27)19-26-18(9-29-19)14-3-2-13(23)8-17(14)24/h1-9,11,28H,10H2. The Labute approximate surface area is 179 Å². The summed E-state index contributed by atoms with van der Waals surface area (Å²) in [4.78, 5) is 8.44. The second-order valence-electron chi connectivity index (χ2n) is 6.38. The summed E-state index contributed by atoms with van der Waals surface area (Å²) in [5, 5.41) is 14.3. The molecule has 0 amide bonds. The van der Waals surface area contributed by atoms with Gasteiger partial charge < -0.3 is 9.67 Å². The van der Waals surface area contributed by atoms with Gasteiger partial charge in [0.05, 0.1) is 18.6 Å². The average Bonchev–Trinajstić information content (AvgIpc) is 3.33. The number of imidazole rings is 1. The van der Waals surface area contributed by atoms with Crippen molar-refractivity contribution >= 4 is 34.5 Å². The average molecular weight is 452 g/mol. The SMILES string of the molecule is OC(Cn1ccnc1)(c1nc(-c2ccc(F)cc2F)cs1)c1ccc(Cl)cc1Cl. The summed E-state index contributed by atoms with van der Waals surface area (Å²) in [6.07, 6.45) is 4.84. The van der Waals surface area contributed by atoms with E-state index in [2.05, 4.69) is 9.97 Å². The summed E-state index contributed by atoms with van der Waals surface area (Å²) in [6, 6.07) is 8.05. The molecule has 2 heterocycles. The number of thiazole rings is 1. The Morgan fingerprint density at radius 2 is 1.97 bits per heavy atom. The van der Waals surface area contributed by atoms with E-state index in [1.54, 1.807) is 40.8 Å². The molecule has 0 aliphatic rings. The lowest BCUT2D eigenvalue weighted by Gasteiger charge is -2.28. The van der Waals surface area contributed by atoms with Gasteiger partial charge in [-0.2, -0.15) is 0 Å². The van der Waals surface area contributed by atoms with E-state index in [9.17, 15) is 13.9 Å². The van der Waals surface area contributed by atoms with Crippen LogP contribution in [0.3, 0.4) is 0 Å². The lowest BCUT2D eigenvalue weighted by molar-refractivity contribution is 0.0611. The summed E-state index contributed by atoms with van der Waals surface area (Å²) >= 11 is 13.5. The van der Waals surface area contributed by atoms with Crippen LogP contribution in [0.5, 0.6) is 0 Å². The van der Waals surface area contributed by atoms with Crippen LogP contribution in [-0.4, -0.2) is 19.6 Å². The zero-order chi connectivity index (χ0) is 20.6. The van der Waals surface area contributed by atoms with E-state index >= 15 is 0 Å². The quantitative estimate of drug-likeness (QED) is 0.434. The van der Waals surface area contributed by atoms with Crippen molar-refractivity contribution in [2.45, 2.75) is 12.1 Å². The summed E-state index contributed by atoms with van der Waals surface area (Å²) in [5.41, 5.74) is -0.794. The second kappa shape index (κ2) is 7.84. The van der Waals surface area contributed by atoms with E-state index in [-0.39, 0.29) is 22.8 Å². The predicted molar refractivity (Wildman–Crippen MR) is 109 cm³/mol. The lowest BCUT2D eigenvalue weighted by atomic mass is 9.94. The van der Waals surface area contributed by atoms with Crippen LogP contribution in [-0.2, 0) is 12.1 Å². The highest BCUT2D eigenvalue weighted by Gasteiger charge is 2.37. The lowest BCUT2D eigenvalue weighted by Crippen LogP contribution is -2.33. The molecule has 4 rings (SSSR count). The van der Waals surface area contributed by atoms with Crippen molar-refractivity contribution in [1.29, 1.82) is 0 Å². The zero-order valence-corrected chi connectivity index (χ0v) is 17.0. The normalized spacial score (nSPS) is 13.4. The van der Waals surface area contributed by atoms with Gasteiger partial charge in [0.25, 0.3) is 0 Å². The first-order valence-corrected chi connectivity index (χ1v) is 10.1. The Hall–Kier alpha value is -2.32. The fourth-order valence-corrected chi connectivity index (χ4v) is 4.51. The minimum Gasteiger partial charge on any atom is -0.376 e. The number of nitrogens with zero attached hydrogens (tertiary/aromatic N) is 3. The number of aromatic nitrogens is 3. The number of hydrogen-bond donors (Lipinski definition) is 1. The van der Waals surface area contributed by atoms with Gasteiger partial charge in [-0.05, 0) is 24.3 Å². The van der Waals surface area contributed by atoms with Crippen LogP contribution in [0.1, 0.15) is 10.6 Å². The van der Waals surface area contributed by atoms with Crippen LogP contribution in [0.2, 0.25) is 10.0 Å². The Morgan fingerprint density at radius 1 is 1.14 bits per heavy atom. The number of halogens is 4. The van der Waals surface area contributed by atoms with E-state index in [1.807, 2.05) is 0 Å². The van der Waals surface area contributed by atoms with Gasteiger partial charge in [-0.1, -0.05) is 29.3 Å². The maximum absolute atomic E-state index is 14.2. The molecule has 1 atom stereocenters. The second-order valence-corrected chi connectivity index (χ2v) is 8.08. The Morgan fingerprint density at radius 3 is 2.66 bits per heavy atom. The molecule has 29 heavy (non-hydrogen) atoms. The van der Waals surface area contributed by atoms with Gasteiger partial charge in [0.1, 0.15) is 16.6 Å². The molecule has 148 valence electrons. The van der Waals surface area contributed by atoms with Crippen LogP contribution in [0, 0.1) is 11.6 Å². The van der Waals surface area contributed by atoms with Crippen LogP contribution in [0.15, 0.2) is 60.5 Å². The highest BCUT2D eigenvalue weighted by molar-refractivity contribution is 7.10. The van der Waals surface area contributed by atoms with Crippen molar-refractivity contribution in [2.75, 3.05) is 0 Å². The number of hydrogen-bond acceptors (Lipinski definition) is 4. The zero-order valence-electron chi connectivity index (χ0n) is 14.7. The van der Waals surface area contributed by atoms with E-state index < -0.39 is 17.2 Å². The Kier molecular flexibility index (Phi) is 5.40. The molecule has 4 aromatic rings. The Bertz CT molecular complexity index is 1170. The maximum Gasteiger partial charge on any atom is 0.160 e. The van der Waals surface area contributed by atoms with Gasteiger partial charge in [0, 0.05) is 45.0 Å². The smallest absolute Gasteiger partial charge is 0.160 e. The molecule has 2 aromatic heterocycles. The largest absolute Gasteiger partial charge is 0.376 e. The first-order chi connectivity index (χ1) is 13.9. The highest BCUT2D eigenvalue weighted by atomic mass is 35.5. The van der Waals surface area contributed by atoms with Gasteiger partial charge in [-0.15, -0.1) is 11.3 Å². The fourth-order valence-electron chi connectivity index (χ4n) is 3.02. The van der Waals surface area contributed by atoms with Crippen molar-refractivity contribution in [3.8, 4) is 11.3 Å². The maximum atomic E-state index is 14.2. The molecule has 0 spiro atoms. The molecule has 0 saturated carbocycles. The van der Waals surface area contributed by atoms with Gasteiger partial charge in [-0.3, -0.25) is 0 Å². The monoisotopic (exact) mass is 451 g/mol. The molecular formula is C20H13Cl2F2N3OS. The van der Waals surface area contributed by atoms with E-state index in [0.717, 1.165) is 23.5 Å². The molecule has 0 bridgehead atoms. The Balaban J connectivity index is 1.82. The minimum atomic E-state index is -1.62. The number of rotatable bonds is 5. The molecule has 2 aromatic carbocycles. The van der Waals surface area contributed by atoms with Crippen LogP contribution >= 0.6 is 34.5 Å². The van der Waals surface area contributed by atoms with Crippen LogP contribution < -0.4 is 0 Å². The molecule has 0 aliphatic heterocycles. The minimum absolute atomic E-state index is 0.0766. The molecule has 0 aliphatic carbocycles. The molecule has 1 N–H and O–H groups in total. The van der Waals surface area contributed by atoms with E-state index in [1.165, 1.54) is 12.1 Å². The summed E-state index contributed by atoms with van der Waals surface area (Å²) < 4.78 is 29.1. The summed E-state index contributed by atoms with van der Waals surface area (Å²) in [5.74, 6) is -1.41. The molecule has 1 unspecified atom stereocenters. The van der Waals surface area contributed by atoms with Crippen molar-refractivity contribution in [2.24, 2.45) is 0 Å². The first-order valence-electron chi connectivity index (χ1n) is 8.42. The predicted octanol–water partition coefficient (Wildman–Crippen LogP) is 5.53. The van der Waals surface area contributed by atoms with Crippen LogP contribution in [0.25, 0.3) is 11.3 Å². The molecule has 4 nitrogen and oxygen atoms in total. The van der Waals surface area contributed by atoms with Gasteiger partial charge >= 0.3 is 0 Å². The third kappa shape index (κ3) is 3.91. The molecule has 9 heteroatoms. The highest BCUT2D eigenvalue weighted by Crippen LogP contribution is 2.40. The summed E-state index contributed by atoms with van der Waals surface area (Å²) in [6.45, 7) is 0.0766. The van der Waals surface area contributed by atoms with Crippen molar-refractivity contribution in [3.05, 3.63) is 92.8 Å². The van der Waals surface area contributed by atoms with Gasteiger partial charge in [0.15, 0.2) is 5.60 Å². The number of aliphatic hydroxyl groups is 1. The third-order valence-electron chi connectivity index (χ3n) is 4.41. The molecule has 0 saturated heterocycles. The fraction of sp³-hybridized carbons (Fsp3) is 0.100. The molecule has 0 radical (unpaired) electrons. The van der Waals surface area contributed by atoms with Crippen LogP contribution in [0.4, 0.5) is 8.78 Å². The third-order valence-corrected chi connectivity index (χ3v) is 5.95. The van der Waals surface area contributed by atoms with Gasteiger partial charge in [-0.25, -0.2) is 18.7 Å². The topological polar surface area (TPSA) is 50.9 Å².